The molecule has 0 saturated carbocycles. The van der Waals surface area contributed by atoms with Crippen molar-refractivity contribution in [2.45, 2.75) is 19.8 Å². The third-order valence-corrected chi connectivity index (χ3v) is 3.42. The van der Waals surface area contributed by atoms with Gasteiger partial charge in [-0.25, -0.2) is 0 Å². The van der Waals surface area contributed by atoms with Crippen LogP contribution in [0.3, 0.4) is 0 Å². The maximum absolute atomic E-state index is 11.9. The average molecular weight is 263 g/mol. The first-order valence-electron chi connectivity index (χ1n) is 5.50. The Morgan fingerprint density at radius 3 is 2.50 bits per heavy atom. The minimum atomic E-state index is -0.263. The van der Waals surface area contributed by atoms with Gasteiger partial charge in [-0.1, -0.05) is 25.2 Å². The maximum Gasteiger partial charge on any atom is 0.257 e. The van der Waals surface area contributed by atoms with Gasteiger partial charge >= 0.3 is 0 Å². The fourth-order valence-corrected chi connectivity index (χ4v) is 2.04. The van der Waals surface area contributed by atoms with E-state index in [0.29, 0.717) is 16.6 Å². The first-order valence-corrected chi connectivity index (χ1v) is 6.31. The van der Waals surface area contributed by atoms with E-state index in [1.165, 1.54) is 23.5 Å². The fraction of sp³-hybridized carbons (Fsp3) is 0.250. The zero-order valence-corrected chi connectivity index (χ0v) is 10.9. The van der Waals surface area contributed by atoms with Gasteiger partial charge in [0, 0.05) is 11.5 Å². The lowest BCUT2D eigenvalue weighted by Crippen LogP contribution is -2.11. The number of carbonyl (C=O) groups excluding carboxylic acids is 1. The summed E-state index contributed by atoms with van der Waals surface area (Å²) in [5.74, 6) is 0.160. The number of nitrogens with one attached hydrogen (secondary N) is 1. The predicted molar refractivity (Wildman–Crippen MR) is 70.1 cm³/mol. The molecule has 2 rings (SSSR count). The quantitative estimate of drug-likeness (QED) is 0.892. The molecule has 0 bridgehead atoms. The molecule has 0 saturated heterocycles. The van der Waals surface area contributed by atoms with Gasteiger partial charge in [0.1, 0.15) is 10.8 Å². The average Bonchev–Trinajstić information content (AvgIpc) is 2.78. The third kappa shape index (κ3) is 2.84. The number of phenols is 1. The van der Waals surface area contributed by atoms with Crippen LogP contribution in [0, 0.1) is 0 Å². The van der Waals surface area contributed by atoms with E-state index >= 15 is 0 Å². The highest BCUT2D eigenvalue weighted by Crippen LogP contribution is 2.22. The van der Waals surface area contributed by atoms with Gasteiger partial charge in [-0.2, -0.15) is 0 Å². The molecule has 2 N–H and O–H groups in total. The molecule has 1 aromatic carbocycles. The number of hydrogen-bond acceptors (Lipinski definition) is 5. The van der Waals surface area contributed by atoms with E-state index in [-0.39, 0.29) is 11.7 Å². The molecule has 0 aliphatic heterocycles. The number of anilines is 1. The summed E-state index contributed by atoms with van der Waals surface area (Å²) in [5.41, 5.74) is 0.467. The van der Waals surface area contributed by atoms with Crippen LogP contribution in [0.5, 0.6) is 5.75 Å². The van der Waals surface area contributed by atoms with Crippen molar-refractivity contribution in [3.05, 3.63) is 34.8 Å². The lowest BCUT2D eigenvalue weighted by atomic mass is 10.2. The summed E-state index contributed by atoms with van der Waals surface area (Å²) >= 11 is 1.36. The number of hydrogen-bond donors (Lipinski definition) is 2. The first-order chi connectivity index (χ1) is 8.56. The third-order valence-electron chi connectivity index (χ3n) is 2.28. The van der Waals surface area contributed by atoms with E-state index in [9.17, 15) is 4.79 Å². The van der Waals surface area contributed by atoms with Gasteiger partial charge in [0.2, 0.25) is 5.13 Å². The highest BCUT2D eigenvalue weighted by molar-refractivity contribution is 7.15. The number of nitrogens with zero attached hydrogens (tertiary/aromatic N) is 2. The summed E-state index contributed by atoms with van der Waals surface area (Å²) in [6, 6.07) is 6.03. The molecule has 0 unspecified atom stereocenters. The molecule has 0 atom stereocenters. The lowest BCUT2D eigenvalue weighted by Gasteiger charge is -2.01. The Kier molecular flexibility index (Phi) is 3.57. The van der Waals surface area contributed by atoms with Crippen molar-refractivity contribution < 1.29 is 9.90 Å². The highest BCUT2D eigenvalue weighted by atomic mass is 32.1. The van der Waals surface area contributed by atoms with Crippen molar-refractivity contribution >= 4 is 22.4 Å². The van der Waals surface area contributed by atoms with Crippen LogP contribution in [0.4, 0.5) is 5.13 Å². The molecular weight excluding hydrogens is 250 g/mol. The smallest absolute Gasteiger partial charge is 0.257 e. The Balaban J connectivity index is 2.08. The number of rotatable bonds is 3. The zero-order chi connectivity index (χ0) is 13.1. The van der Waals surface area contributed by atoms with Gasteiger partial charge in [0.25, 0.3) is 5.91 Å². The molecule has 0 spiro atoms. The molecular formula is C12H13N3O2S. The molecule has 1 amide bonds. The standard InChI is InChI=1S/C12H13N3O2S/c1-7(2)11-14-15-12(18-11)13-10(17)8-3-5-9(16)6-4-8/h3-7,16H,1-2H3,(H,13,15,17). The van der Waals surface area contributed by atoms with E-state index in [0.717, 1.165) is 5.01 Å². The normalized spacial score (nSPS) is 10.6. The topological polar surface area (TPSA) is 75.1 Å². The van der Waals surface area contributed by atoms with Crippen LogP contribution < -0.4 is 5.32 Å². The van der Waals surface area contributed by atoms with Gasteiger partial charge in [-0.3, -0.25) is 10.1 Å². The minimum absolute atomic E-state index is 0.129. The van der Waals surface area contributed by atoms with Crippen molar-refractivity contribution in [3.8, 4) is 5.75 Å². The number of amides is 1. The van der Waals surface area contributed by atoms with E-state index in [1.54, 1.807) is 12.1 Å². The van der Waals surface area contributed by atoms with Crippen LogP contribution in [0.2, 0.25) is 0 Å². The van der Waals surface area contributed by atoms with Gasteiger partial charge in [0.15, 0.2) is 0 Å². The second kappa shape index (κ2) is 5.14. The molecule has 94 valence electrons. The molecule has 0 radical (unpaired) electrons. The number of benzene rings is 1. The monoisotopic (exact) mass is 263 g/mol. The van der Waals surface area contributed by atoms with Crippen LogP contribution in [-0.4, -0.2) is 21.2 Å². The van der Waals surface area contributed by atoms with Crippen LogP contribution in [0.25, 0.3) is 0 Å². The SMILES string of the molecule is CC(C)c1nnc(NC(=O)c2ccc(O)cc2)s1. The Bertz CT molecular complexity index is 549. The minimum Gasteiger partial charge on any atom is -0.508 e. The van der Waals surface area contributed by atoms with Gasteiger partial charge < -0.3 is 5.11 Å². The van der Waals surface area contributed by atoms with E-state index < -0.39 is 0 Å². The fourth-order valence-electron chi connectivity index (χ4n) is 1.30. The predicted octanol–water partition coefficient (Wildman–Crippen LogP) is 2.62. The van der Waals surface area contributed by atoms with Crippen molar-refractivity contribution in [3.63, 3.8) is 0 Å². The van der Waals surface area contributed by atoms with E-state index in [4.69, 9.17) is 5.11 Å². The second-order valence-corrected chi connectivity index (χ2v) is 5.11. The molecule has 0 fully saturated rings. The number of phenolic OH excluding ortho intramolecular Hbond substituents is 1. The summed E-state index contributed by atoms with van der Waals surface area (Å²) in [4.78, 5) is 11.9. The summed E-state index contributed by atoms with van der Waals surface area (Å²) in [6.45, 7) is 4.04. The second-order valence-electron chi connectivity index (χ2n) is 4.10. The number of aromatic hydroxyl groups is 1. The van der Waals surface area contributed by atoms with Gasteiger partial charge in [-0.05, 0) is 24.3 Å². The molecule has 6 heteroatoms. The summed E-state index contributed by atoms with van der Waals surface area (Å²) in [7, 11) is 0. The van der Waals surface area contributed by atoms with Crippen LogP contribution >= 0.6 is 11.3 Å². The zero-order valence-electron chi connectivity index (χ0n) is 10.0. The Hall–Kier alpha value is -1.95. The van der Waals surface area contributed by atoms with Crippen LogP contribution in [0.1, 0.15) is 35.1 Å². The molecule has 2 aromatic rings. The number of aromatic nitrogens is 2. The van der Waals surface area contributed by atoms with E-state index in [1.807, 2.05) is 13.8 Å². The van der Waals surface area contributed by atoms with Crippen molar-refractivity contribution in [1.82, 2.24) is 10.2 Å². The van der Waals surface area contributed by atoms with Crippen LogP contribution in [-0.2, 0) is 0 Å². The van der Waals surface area contributed by atoms with Gasteiger partial charge in [-0.15, -0.1) is 10.2 Å². The first kappa shape index (κ1) is 12.5. The Morgan fingerprint density at radius 2 is 1.94 bits per heavy atom. The highest BCUT2D eigenvalue weighted by Gasteiger charge is 2.11. The lowest BCUT2D eigenvalue weighted by molar-refractivity contribution is 0.102. The molecule has 0 aliphatic rings. The molecule has 1 aromatic heterocycles. The molecule has 0 aliphatic carbocycles. The molecule has 1 heterocycles. The summed E-state index contributed by atoms with van der Waals surface area (Å²) in [6.07, 6.45) is 0. The summed E-state index contributed by atoms with van der Waals surface area (Å²) in [5, 5.41) is 21.1. The largest absolute Gasteiger partial charge is 0.508 e. The van der Waals surface area contributed by atoms with Crippen LogP contribution in [0.15, 0.2) is 24.3 Å². The van der Waals surface area contributed by atoms with E-state index in [2.05, 4.69) is 15.5 Å². The molecule has 5 nitrogen and oxygen atoms in total. The van der Waals surface area contributed by atoms with Crippen molar-refractivity contribution in [1.29, 1.82) is 0 Å². The van der Waals surface area contributed by atoms with Crippen molar-refractivity contribution in [2.75, 3.05) is 5.32 Å². The van der Waals surface area contributed by atoms with Crippen molar-refractivity contribution in [2.24, 2.45) is 0 Å². The summed E-state index contributed by atoms with van der Waals surface area (Å²) < 4.78 is 0. The Morgan fingerprint density at radius 1 is 1.28 bits per heavy atom. The maximum atomic E-state index is 11.9. The molecule has 18 heavy (non-hydrogen) atoms. The number of carbonyl (C=O) groups is 1. The Labute approximate surface area is 109 Å². The van der Waals surface area contributed by atoms with Gasteiger partial charge in [0.05, 0.1) is 0 Å².